The highest BCUT2D eigenvalue weighted by molar-refractivity contribution is 5.64. The normalized spacial score (nSPS) is 20.2. The third-order valence-corrected chi connectivity index (χ3v) is 6.57. The molecule has 0 aliphatic carbocycles. The van der Waals surface area contributed by atoms with Gasteiger partial charge < -0.3 is 35.0 Å². The summed E-state index contributed by atoms with van der Waals surface area (Å²) in [4.78, 5) is 14.6. The van der Waals surface area contributed by atoms with Crippen LogP contribution in [0.15, 0.2) is 30.3 Å². The largest absolute Gasteiger partial charge is 0.491 e. The van der Waals surface area contributed by atoms with Crippen molar-refractivity contribution in [2.45, 2.75) is 38.0 Å². The zero-order chi connectivity index (χ0) is 23.9. The number of ether oxygens (including phenoxy) is 2. The summed E-state index contributed by atoms with van der Waals surface area (Å²) in [6.45, 7) is 7.28. The molecule has 2 saturated heterocycles. The third-order valence-electron chi connectivity index (χ3n) is 6.57. The van der Waals surface area contributed by atoms with Crippen LogP contribution in [-0.2, 0) is 4.74 Å². The molecule has 2 fully saturated rings. The molecule has 34 heavy (non-hydrogen) atoms. The number of piperazine rings is 1. The molecule has 2 aromatic rings. The molecule has 0 saturated carbocycles. The number of hydrogen-bond donors (Lipinski definition) is 3. The number of nitrogens with zero attached hydrogens (tertiary/aromatic N) is 4. The monoisotopic (exact) mass is 470 g/mol. The maximum Gasteiger partial charge on any atom is 0.163 e. The van der Waals surface area contributed by atoms with E-state index in [9.17, 15) is 5.11 Å². The van der Waals surface area contributed by atoms with Gasteiger partial charge in [-0.25, -0.2) is 9.97 Å². The standard InChI is InChI=1S/C25H38N6O3/c1-18-15-27-9-10-31(18)24-14-23(30(3)20-7-11-33-12-8-20)28-25(29-24)19-5-4-6-22(13-19)34-17-21(32)16-26-2/h4-6,13-14,18,20-21,26-27,32H,7-12,15-17H2,1-3H3/t18-,21?/m1/s1. The second kappa shape index (κ2) is 11.8. The highest BCUT2D eigenvalue weighted by Crippen LogP contribution is 2.29. The van der Waals surface area contributed by atoms with Crippen LogP contribution in [-0.4, -0.2) is 93.4 Å². The second-order valence-electron chi connectivity index (χ2n) is 9.16. The van der Waals surface area contributed by atoms with E-state index in [1.807, 2.05) is 31.3 Å². The van der Waals surface area contributed by atoms with Crippen LogP contribution in [0, 0.1) is 0 Å². The highest BCUT2D eigenvalue weighted by atomic mass is 16.5. The van der Waals surface area contributed by atoms with Crippen LogP contribution >= 0.6 is 0 Å². The number of nitrogens with one attached hydrogen (secondary N) is 2. The van der Waals surface area contributed by atoms with Crippen molar-refractivity contribution in [3.05, 3.63) is 30.3 Å². The van der Waals surface area contributed by atoms with Crippen molar-refractivity contribution in [1.82, 2.24) is 20.6 Å². The summed E-state index contributed by atoms with van der Waals surface area (Å²) in [6, 6.07) is 10.7. The molecule has 3 heterocycles. The Balaban J connectivity index is 1.64. The van der Waals surface area contributed by atoms with Gasteiger partial charge in [0.05, 0.1) is 0 Å². The number of anilines is 2. The van der Waals surface area contributed by atoms with Gasteiger partial charge in [0.1, 0.15) is 30.1 Å². The summed E-state index contributed by atoms with van der Waals surface area (Å²) in [5.74, 6) is 3.24. The predicted molar refractivity (Wildman–Crippen MR) is 135 cm³/mol. The van der Waals surface area contributed by atoms with E-state index in [-0.39, 0.29) is 6.61 Å². The molecule has 2 aliphatic rings. The summed E-state index contributed by atoms with van der Waals surface area (Å²) in [5, 5.41) is 16.4. The van der Waals surface area contributed by atoms with Crippen LogP contribution in [0.4, 0.5) is 11.6 Å². The summed E-state index contributed by atoms with van der Waals surface area (Å²) in [6.07, 6.45) is 1.42. The minimum Gasteiger partial charge on any atom is -0.491 e. The molecule has 2 atom stereocenters. The van der Waals surface area contributed by atoms with Crippen LogP contribution in [0.5, 0.6) is 5.75 Å². The molecule has 1 aromatic heterocycles. The van der Waals surface area contributed by atoms with Gasteiger partial charge in [-0.3, -0.25) is 0 Å². The molecule has 0 amide bonds. The van der Waals surface area contributed by atoms with E-state index in [4.69, 9.17) is 19.4 Å². The molecule has 1 unspecified atom stereocenters. The molecule has 1 aromatic carbocycles. The molecule has 9 heteroatoms. The summed E-state index contributed by atoms with van der Waals surface area (Å²) < 4.78 is 11.4. The first kappa shape index (κ1) is 24.7. The number of aliphatic hydroxyl groups is 1. The third kappa shape index (κ3) is 6.15. The molecule has 2 aliphatic heterocycles. The Labute approximate surface area is 202 Å². The number of likely N-dealkylation sites (N-methyl/N-ethyl adjacent to an activating group) is 1. The van der Waals surface area contributed by atoms with Crippen LogP contribution in [0.1, 0.15) is 19.8 Å². The Morgan fingerprint density at radius 1 is 1.29 bits per heavy atom. The average Bonchev–Trinajstić information content (AvgIpc) is 2.88. The van der Waals surface area contributed by atoms with Crippen molar-refractivity contribution in [2.24, 2.45) is 0 Å². The van der Waals surface area contributed by atoms with Gasteiger partial charge in [-0.2, -0.15) is 0 Å². The number of hydrogen-bond acceptors (Lipinski definition) is 9. The molecule has 3 N–H and O–H groups in total. The van der Waals surface area contributed by atoms with E-state index in [1.54, 1.807) is 0 Å². The van der Waals surface area contributed by atoms with Gasteiger partial charge in [-0.15, -0.1) is 0 Å². The summed E-state index contributed by atoms with van der Waals surface area (Å²) >= 11 is 0. The minimum atomic E-state index is -0.567. The van der Waals surface area contributed by atoms with Crippen LogP contribution in [0.25, 0.3) is 11.4 Å². The molecule has 186 valence electrons. The quantitative estimate of drug-likeness (QED) is 0.504. The van der Waals surface area contributed by atoms with Crippen LogP contribution < -0.4 is 25.2 Å². The van der Waals surface area contributed by atoms with Crippen molar-refractivity contribution in [3.8, 4) is 17.1 Å². The Hall–Kier alpha value is -2.46. The Kier molecular flexibility index (Phi) is 8.55. The van der Waals surface area contributed by atoms with E-state index in [0.29, 0.717) is 30.2 Å². The topological polar surface area (TPSA) is 95.0 Å². The van der Waals surface area contributed by atoms with Crippen molar-refractivity contribution in [3.63, 3.8) is 0 Å². The fourth-order valence-corrected chi connectivity index (χ4v) is 4.53. The number of benzene rings is 1. The van der Waals surface area contributed by atoms with Crippen LogP contribution in [0.2, 0.25) is 0 Å². The molecular weight excluding hydrogens is 432 g/mol. The van der Waals surface area contributed by atoms with E-state index < -0.39 is 6.10 Å². The summed E-state index contributed by atoms with van der Waals surface area (Å²) in [7, 11) is 3.93. The molecule has 9 nitrogen and oxygen atoms in total. The first-order valence-electron chi connectivity index (χ1n) is 12.3. The lowest BCUT2D eigenvalue weighted by atomic mass is 10.1. The lowest BCUT2D eigenvalue weighted by molar-refractivity contribution is 0.0853. The van der Waals surface area contributed by atoms with Crippen LogP contribution in [0.3, 0.4) is 0 Å². The van der Waals surface area contributed by atoms with E-state index in [0.717, 1.165) is 62.9 Å². The van der Waals surface area contributed by atoms with Gasteiger partial charge in [-0.05, 0) is 38.9 Å². The molecule has 4 rings (SSSR count). The van der Waals surface area contributed by atoms with Gasteiger partial charge in [0.15, 0.2) is 5.82 Å². The Morgan fingerprint density at radius 3 is 2.88 bits per heavy atom. The average molecular weight is 471 g/mol. The van der Waals surface area contributed by atoms with E-state index in [2.05, 4.69) is 40.5 Å². The number of rotatable bonds is 9. The van der Waals surface area contributed by atoms with E-state index in [1.165, 1.54) is 0 Å². The SMILES string of the molecule is CNCC(O)COc1cccc(-c2nc(N(C)C3CCOCC3)cc(N3CCNC[C@H]3C)n2)c1. The molecule has 0 spiro atoms. The fourth-order valence-electron chi connectivity index (χ4n) is 4.53. The van der Waals surface area contributed by atoms with Crippen molar-refractivity contribution in [1.29, 1.82) is 0 Å². The summed E-state index contributed by atoms with van der Waals surface area (Å²) in [5.41, 5.74) is 0.895. The Bertz CT molecular complexity index is 923. The van der Waals surface area contributed by atoms with Gasteiger partial charge in [-0.1, -0.05) is 12.1 Å². The maximum absolute atomic E-state index is 9.99. The molecule has 0 bridgehead atoms. The predicted octanol–water partition coefficient (Wildman–Crippen LogP) is 1.52. The number of aromatic nitrogens is 2. The van der Waals surface area contributed by atoms with E-state index >= 15 is 0 Å². The van der Waals surface area contributed by atoms with Gasteiger partial charge in [0, 0.05) is 70.2 Å². The van der Waals surface area contributed by atoms with Gasteiger partial charge in [0.25, 0.3) is 0 Å². The molecule has 0 radical (unpaired) electrons. The molecular formula is C25H38N6O3. The lowest BCUT2D eigenvalue weighted by Crippen LogP contribution is -2.50. The van der Waals surface area contributed by atoms with Crippen molar-refractivity contribution < 1.29 is 14.6 Å². The van der Waals surface area contributed by atoms with Gasteiger partial charge >= 0.3 is 0 Å². The highest BCUT2D eigenvalue weighted by Gasteiger charge is 2.25. The second-order valence-corrected chi connectivity index (χ2v) is 9.16. The lowest BCUT2D eigenvalue weighted by Gasteiger charge is -2.36. The number of aliphatic hydroxyl groups excluding tert-OH is 1. The first-order valence-corrected chi connectivity index (χ1v) is 12.3. The smallest absolute Gasteiger partial charge is 0.163 e. The fraction of sp³-hybridized carbons (Fsp3) is 0.600. The zero-order valence-corrected chi connectivity index (χ0v) is 20.5. The van der Waals surface area contributed by atoms with Crippen molar-refractivity contribution in [2.75, 3.05) is 69.9 Å². The zero-order valence-electron chi connectivity index (χ0n) is 20.5. The maximum atomic E-state index is 9.99. The first-order chi connectivity index (χ1) is 16.5. The van der Waals surface area contributed by atoms with Crippen molar-refractivity contribution >= 4 is 11.6 Å². The Morgan fingerprint density at radius 2 is 2.12 bits per heavy atom. The minimum absolute atomic E-state index is 0.223. The van der Waals surface area contributed by atoms with Gasteiger partial charge in [0.2, 0.25) is 0 Å².